The quantitative estimate of drug-likeness (QED) is 0.844. The van der Waals surface area contributed by atoms with Crippen molar-refractivity contribution in [3.8, 4) is 11.4 Å². The summed E-state index contributed by atoms with van der Waals surface area (Å²) in [5, 5.41) is 4.47. The molecule has 0 spiro atoms. The van der Waals surface area contributed by atoms with Crippen LogP contribution in [0, 0.1) is 0 Å². The van der Waals surface area contributed by atoms with Crippen LogP contribution in [0.3, 0.4) is 0 Å². The van der Waals surface area contributed by atoms with Gasteiger partial charge in [0.25, 0.3) is 0 Å². The molecule has 0 fully saturated rings. The van der Waals surface area contributed by atoms with Gasteiger partial charge in [0.2, 0.25) is 17.6 Å². The minimum atomic E-state index is -0.157. The molecule has 1 heterocycles. The lowest BCUT2D eigenvalue weighted by Gasteiger charge is -2.13. The first-order chi connectivity index (χ1) is 9.60. The van der Waals surface area contributed by atoms with Gasteiger partial charge in [0.05, 0.1) is 6.54 Å². The summed E-state index contributed by atoms with van der Waals surface area (Å²) in [5.74, 6) is 0.636. The molecule has 2 aromatic rings. The van der Waals surface area contributed by atoms with E-state index in [2.05, 4.69) is 10.1 Å². The van der Waals surface area contributed by atoms with Gasteiger partial charge in [-0.3, -0.25) is 4.79 Å². The van der Waals surface area contributed by atoms with E-state index in [9.17, 15) is 4.79 Å². The number of ether oxygens (including phenoxy) is 1. The monoisotopic (exact) mass is 295 g/mol. The van der Waals surface area contributed by atoms with Gasteiger partial charge in [0.15, 0.2) is 0 Å². The van der Waals surface area contributed by atoms with E-state index in [4.69, 9.17) is 20.9 Å². The molecule has 1 amide bonds. The second kappa shape index (κ2) is 6.49. The average Bonchev–Trinajstić information content (AvgIpc) is 2.87. The predicted octanol–water partition coefficient (Wildman–Crippen LogP) is 1.99. The van der Waals surface area contributed by atoms with Gasteiger partial charge in [-0.1, -0.05) is 28.9 Å². The summed E-state index contributed by atoms with van der Waals surface area (Å²) in [6.07, 6.45) is 0. The Kier molecular flexibility index (Phi) is 4.70. The predicted molar refractivity (Wildman–Crippen MR) is 73.1 cm³/mol. The second-order valence-electron chi connectivity index (χ2n) is 4.20. The lowest BCUT2D eigenvalue weighted by Crippen LogP contribution is -2.29. The Balaban J connectivity index is 2.08. The highest BCUT2D eigenvalue weighted by Gasteiger charge is 2.14. The van der Waals surface area contributed by atoms with E-state index in [1.807, 2.05) is 12.1 Å². The summed E-state index contributed by atoms with van der Waals surface area (Å²) in [5.41, 5.74) is 0.762. The van der Waals surface area contributed by atoms with E-state index in [0.29, 0.717) is 16.7 Å². The summed E-state index contributed by atoms with van der Waals surface area (Å²) in [4.78, 5) is 17.3. The van der Waals surface area contributed by atoms with Crippen molar-refractivity contribution in [2.24, 2.45) is 0 Å². The highest BCUT2D eigenvalue weighted by molar-refractivity contribution is 6.30. The molecule has 0 aliphatic heterocycles. The van der Waals surface area contributed by atoms with Crippen LogP contribution < -0.4 is 0 Å². The second-order valence-corrected chi connectivity index (χ2v) is 4.64. The molecule has 0 bridgehead atoms. The molecule has 20 heavy (non-hydrogen) atoms. The van der Waals surface area contributed by atoms with E-state index in [1.165, 1.54) is 12.0 Å². The molecule has 0 saturated carbocycles. The molecule has 2 rings (SSSR count). The highest BCUT2D eigenvalue weighted by atomic mass is 35.5. The molecular weight excluding hydrogens is 282 g/mol. The van der Waals surface area contributed by atoms with Crippen LogP contribution in [0.4, 0.5) is 0 Å². The Labute approximate surface area is 121 Å². The van der Waals surface area contributed by atoms with Crippen LogP contribution in [-0.2, 0) is 16.1 Å². The van der Waals surface area contributed by atoms with Crippen molar-refractivity contribution in [2.75, 3.05) is 20.8 Å². The fraction of sp³-hybridized carbons (Fsp3) is 0.308. The Morgan fingerprint density at radius 2 is 2.30 bits per heavy atom. The molecule has 0 atom stereocenters. The third kappa shape index (κ3) is 3.55. The van der Waals surface area contributed by atoms with Gasteiger partial charge in [0, 0.05) is 24.7 Å². The smallest absolute Gasteiger partial charge is 0.248 e. The number of carbonyl (C=O) groups excluding carboxylic acids is 1. The maximum atomic E-state index is 11.6. The molecule has 106 valence electrons. The van der Waals surface area contributed by atoms with Gasteiger partial charge in [-0.15, -0.1) is 0 Å². The molecular formula is C13H14ClN3O3. The van der Waals surface area contributed by atoms with Crippen molar-refractivity contribution in [3.63, 3.8) is 0 Å². The van der Waals surface area contributed by atoms with Gasteiger partial charge in [-0.05, 0) is 12.1 Å². The summed E-state index contributed by atoms with van der Waals surface area (Å²) in [7, 11) is 3.11. The number of hydrogen-bond acceptors (Lipinski definition) is 5. The zero-order chi connectivity index (χ0) is 14.5. The number of hydrogen-bond donors (Lipinski definition) is 0. The molecule has 0 unspecified atom stereocenters. The maximum Gasteiger partial charge on any atom is 0.248 e. The number of aromatic nitrogens is 2. The van der Waals surface area contributed by atoms with Crippen LogP contribution in [-0.4, -0.2) is 41.7 Å². The van der Waals surface area contributed by atoms with Crippen molar-refractivity contribution in [3.05, 3.63) is 35.2 Å². The molecule has 1 aromatic heterocycles. The first kappa shape index (κ1) is 14.5. The Morgan fingerprint density at radius 3 is 3.00 bits per heavy atom. The van der Waals surface area contributed by atoms with E-state index < -0.39 is 0 Å². The largest absolute Gasteiger partial charge is 0.375 e. The van der Waals surface area contributed by atoms with E-state index in [-0.39, 0.29) is 19.1 Å². The first-order valence-corrected chi connectivity index (χ1v) is 6.29. The van der Waals surface area contributed by atoms with Gasteiger partial charge in [-0.25, -0.2) is 0 Å². The van der Waals surface area contributed by atoms with Crippen molar-refractivity contribution < 1.29 is 14.1 Å². The summed E-state index contributed by atoms with van der Waals surface area (Å²) in [6.45, 7) is 0.252. The molecule has 7 heteroatoms. The lowest BCUT2D eigenvalue weighted by molar-refractivity contribution is -0.134. The van der Waals surface area contributed by atoms with Gasteiger partial charge < -0.3 is 14.2 Å². The SMILES string of the molecule is COCC(=O)N(C)Cc1nc(-c2cccc(Cl)c2)no1. The van der Waals surface area contributed by atoms with Crippen LogP contribution in [0.25, 0.3) is 11.4 Å². The number of benzene rings is 1. The normalized spacial score (nSPS) is 10.6. The molecule has 0 aliphatic rings. The molecule has 0 N–H and O–H groups in total. The van der Waals surface area contributed by atoms with Crippen LogP contribution in [0.5, 0.6) is 0 Å². The Bertz CT molecular complexity index is 600. The number of rotatable bonds is 5. The molecule has 0 aliphatic carbocycles. The van der Waals surface area contributed by atoms with Crippen molar-refractivity contribution in [1.29, 1.82) is 0 Å². The summed E-state index contributed by atoms with van der Waals surface area (Å²) < 4.78 is 9.90. The zero-order valence-corrected chi connectivity index (χ0v) is 11.9. The van der Waals surface area contributed by atoms with Crippen molar-refractivity contribution in [2.45, 2.75) is 6.54 Å². The number of nitrogens with zero attached hydrogens (tertiary/aromatic N) is 3. The summed E-state index contributed by atoms with van der Waals surface area (Å²) >= 11 is 5.91. The van der Waals surface area contributed by atoms with Gasteiger partial charge in [-0.2, -0.15) is 4.98 Å². The first-order valence-electron chi connectivity index (χ1n) is 5.91. The van der Waals surface area contributed by atoms with E-state index in [1.54, 1.807) is 19.2 Å². The third-order valence-corrected chi connectivity index (χ3v) is 2.85. The standard InChI is InChI=1S/C13H14ClN3O3/c1-17(12(18)8-19-2)7-11-15-13(16-20-11)9-4-3-5-10(14)6-9/h3-6H,7-8H2,1-2H3. The summed E-state index contributed by atoms with van der Waals surface area (Å²) in [6, 6.07) is 7.15. The van der Waals surface area contributed by atoms with Crippen LogP contribution >= 0.6 is 11.6 Å². The van der Waals surface area contributed by atoms with Crippen LogP contribution in [0.2, 0.25) is 5.02 Å². The van der Waals surface area contributed by atoms with Gasteiger partial charge >= 0.3 is 0 Å². The number of likely N-dealkylation sites (N-methyl/N-ethyl adjacent to an activating group) is 1. The van der Waals surface area contributed by atoms with Crippen LogP contribution in [0.15, 0.2) is 28.8 Å². The molecule has 6 nitrogen and oxygen atoms in total. The lowest BCUT2D eigenvalue weighted by atomic mass is 10.2. The molecule has 1 aromatic carbocycles. The maximum absolute atomic E-state index is 11.6. The zero-order valence-electron chi connectivity index (χ0n) is 11.2. The third-order valence-electron chi connectivity index (χ3n) is 2.62. The van der Waals surface area contributed by atoms with Crippen molar-refractivity contribution in [1.82, 2.24) is 15.0 Å². The fourth-order valence-electron chi connectivity index (χ4n) is 1.59. The number of halogens is 1. The van der Waals surface area contributed by atoms with Crippen molar-refractivity contribution >= 4 is 17.5 Å². The molecule has 0 saturated heterocycles. The average molecular weight is 296 g/mol. The van der Waals surface area contributed by atoms with Crippen LogP contribution in [0.1, 0.15) is 5.89 Å². The highest BCUT2D eigenvalue weighted by Crippen LogP contribution is 2.20. The molecule has 0 radical (unpaired) electrons. The Morgan fingerprint density at radius 1 is 1.50 bits per heavy atom. The number of carbonyl (C=O) groups is 1. The minimum absolute atomic E-state index is 0.0196. The van der Waals surface area contributed by atoms with E-state index in [0.717, 1.165) is 5.56 Å². The fourth-order valence-corrected chi connectivity index (χ4v) is 1.78. The van der Waals surface area contributed by atoms with E-state index >= 15 is 0 Å². The Hall–Kier alpha value is -1.92. The number of amides is 1. The minimum Gasteiger partial charge on any atom is -0.375 e. The van der Waals surface area contributed by atoms with Gasteiger partial charge in [0.1, 0.15) is 6.61 Å². The topological polar surface area (TPSA) is 68.5 Å². The number of methoxy groups -OCH3 is 1.